The van der Waals surface area contributed by atoms with Crippen molar-refractivity contribution in [2.24, 2.45) is 0 Å². The molecule has 23 heavy (non-hydrogen) atoms. The number of benzene rings is 2. The molecule has 6 nitrogen and oxygen atoms in total. The first-order valence-electron chi connectivity index (χ1n) is 6.97. The van der Waals surface area contributed by atoms with Gasteiger partial charge in [-0.2, -0.15) is 0 Å². The van der Waals surface area contributed by atoms with Gasteiger partial charge in [0.2, 0.25) is 5.43 Å². The molecule has 0 amide bonds. The van der Waals surface area contributed by atoms with E-state index >= 15 is 0 Å². The largest absolute Gasteiger partial charge is 0.507 e. The Hall–Kier alpha value is -2.86. The molecule has 0 aliphatic rings. The zero-order chi connectivity index (χ0) is 16.6. The second kappa shape index (κ2) is 5.73. The van der Waals surface area contributed by atoms with Crippen LogP contribution in [0.25, 0.3) is 21.9 Å². The van der Waals surface area contributed by atoms with Gasteiger partial charge >= 0.3 is 5.97 Å². The molecule has 1 heterocycles. The highest BCUT2D eigenvalue weighted by Crippen LogP contribution is 2.28. The molecule has 3 rings (SSSR count). The third-order valence-electron chi connectivity index (χ3n) is 3.65. The first-order chi connectivity index (χ1) is 11.1. The second-order valence-corrected chi connectivity index (χ2v) is 5.06. The van der Waals surface area contributed by atoms with Crippen molar-refractivity contribution < 1.29 is 24.2 Å². The molecule has 0 radical (unpaired) electrons. The van der Waals surface area contributed by atoms with Gasteiger partial charge in [0, 0.05) is 6.61 Å². The van der Waals surface area contributed by atoms with Crippen LogP contribution in [0.15, 0.2) is 39.5 Å². The minimum Gasteiger partial charge on any atom is -0.507 e. The molecular formula is C17H14O6. The van der Waals surface area contributed by atoms with Crippen molar-refractivity contribution in [3.8, 4) is 5.75 Å². The Labute approximate surface area is 130 Å². The Morgan fingerprint density at radius 1 is 1.22 bits per heavy atom. The number of hydrogen-bond acceptors (Lipinski definition) is 6. The molecule has 0 fully saturated rings. The van der Waals surface area contributed by atoms with Gasteiger partial charge < -0.3 is 19.4 Å². The average Bonchev–Trinajstić information content (AvgIpc) is 2.53. The summed E-state index contributed by atoms with van der Waals surface area (Å²) in [6.45, 7) is -0.0880. The van der Waals surface area contributed by atoms with E-state index in [0.717, 1.165) is 0 Å². The number of carbonyl (C=O) groups is 1. The van der Waals surface area contributed by atoms with Crippen LogP contribution >= 0.6 is 0 Å². The van der Waals surface area contributed by atoms with Gasteiger partial charge in [0.25, 0.3) is 0 Å². The van der Waals surface area contributed by atoms with E-state index in [9.17, 15) is 14.7 Å². The summed E-state index contributed by atoms with van der Waals surface area (Å²) >= 11 is 0. The van der Waals surface area contributed by atoms with Crippen molar-refractivity contribution in [3.05, 3.63) is 51.7 Å². The minimum absolute atomic E-state index is 0.00413. The lowest BCUT2D eigenvalue weighted by Crippen LogP contribution is -2.10. The molecule has 0 saturated heterocycles. The fraction of sp³-hybridized carbons (Fsp3) is 0.176. The van der Waals surface area contributed by atoms with Crippen molar-refractivity contribution in [2.75, 3.05) is 13.7 Å². The fourth-order valence-corrected chi connectivity index (χ4v) is 2.61. The topological polar surface area (TPSA) is 97.0 Å². The van der Waals surface area contributed by atoms with Gasteiger partial charge in [-0.3, -0.25) is 4.79 Å². The van der Waals surface area contributed by atoms with Crippen molar-refractivity contribution in [1.82, 2.24) is 0 Å². The number of phenols is 1. The van der Waals surface area contributed by atoms with Gasteiger partial charge in [-0.1, -0.05) is 6.07 Å². The summed E-state index contributed by atoms with van der Waals surface area (Å²) in [7, 11) is 1.22. The summed E-state index contributed by atoms with van der Waals surface area (Å²) in [5, 5.41) is 19.2. The molecule has 0 atom stereocenters. The fourth-order valence-electron chi connectivity index (χ4n) is 2.61. The minimum atomic E-state index is -0.654. The lowest BCUT2D eigenvalue weighted by Gasteiger charge is -2.08. The smallest absolute Gasteiger partial charge is 0.338 e. The predicted molar refractivity (Wildman–Crippen MR) is 83.8 cm³/mol. The van der Waals surface area contributed by atoms with Gasteiger partial charge in [0.05, 0.1) is 18.1 Å². The van der Waals surface area contributed by atoms with Crippen LogP contribution in [0.3, 0.4) is 0 Å². The molecule has 0 saturated carbocycles. The molecule has 6 heteroatoms. The van der Waals surface area contributed by atoms with E-state index in [1.54, 1.807) is 18.2 Å². The van der Waals surface area contributed by atoms with Gasteiger partial charge in [0.1, 0.15) is 22.3 Å². The highest BCUT2D eigenvalue weighted by Gasteiger charge is 2.19. The van der Waals surface area contributed by atoms with E-state index in [1.165, 1.54) is 19.2 Å². The van der Waals surface area contributed by atoms with E-state index in [1.807, 2.05) is 0 Å². The lowest BCUT2D eigenvalue weighted by atomic mass is 10.0. The third-order valence-corrected chi connectivity index (χ3v) is 3.65. The molecule has 0 aliphatic heterocycles. The van der Waals surface area contributed by atoms with Crippen LogP contribution in [0, 0.1) is 0 Å². The van der Waals surface area contributed by atoms with Crippen molar-refractivity contribution in [2.45, 2.75) is 6.42 Å². The Morgan fingerprint density at radius 2 is 2.00 bits per heavy atom. The Bertz CT molecular complexity index is 970. The van der Waals surface area contributed by atoms with E-state index < -0.39 is 11.4 Å². The molecule has 2 aromatic carbocycles. The zero-order valence-corrected chi connectivity index (χ0v) is 12.3. The number of aromatic hydroxyl groups is 1. The predicted octanol–water partition coefficient (Wildman–Crippen LogP) is 1.97. The van der Waals surface area contributed by atoms with Crippen LogP contribution in [0.5, 0.6) is 5.75 Å². The number of aliphatic hydroxyl groups excluding tert-OH is 1. The van der Waals surface area contributed by atoms with Gasteiger partial charge in [-0.05, 0) is 36.2 Å². The molecular weight excluding hydrogens is 300 g/mol. The number of phenolic OH excluding ortho intramolecular Hbond substituents is 1. The van der Waals surface area contributed by atoms with Crippen LogP contribution in [-0.4, -0.2) is 29.9 Å². The molecule has 0 unspecified atom stereocenters. The first-order valence-corrected chi connectivity index (χ1v) is 6.97. The summed E-state index contributed by atoms with van der Waals surface area (Å²) in [6, 6.07) is 7.62. The maximum Gasteiger partial charge on any atom is 0.338 e. The summed E-state index contributed by atoms with van der Waals surface area (Å²) < 4.78 is 10.4. The molecule has 2 N–H and O–H groups in total. The normalized spacial score (nSPS) is 11.0. The number of methoxy groups -OCH3 is 1. The average molecular weight is 314 g/mol. The second-order valence-electron chi connectivity index (χ2n) is 5.06. The Kier molecular flexibility index (Phi) is 3.75. The summed E-state index contributed by atoms with van der Waals surface area (Å²) in [5.41, 5.74) is 0.651. The van der Waals surface area contributed by atoms with Gasteiger partial charge in [0.15, 0.2) is 0 Å². The summed E-state index contributed by atoms with van der Waals surface area (Å²) in [5.74, 6) is -0.903. The Morgan fingerprint density at radius 3 is 2.70 bits per heavy atom. The molecule has 0 spiro atoms. The number of hydrogen-bond donors (Lipinski definition) is 2. The quantitative estimate of drug-likeness (QED) is 0.567. The number of rotatable bonds is 3. The molecule has 1 aromatic heterocycles. The number of aliphatic hydroxyl groups is 1. The summed E-state index contributed by atoms with van der Waals surface area (Å²) in [4.78, 5) is 24.6. The number of esters is 1. The molecule has 118 valence electrons. The maximum absolute atomic E-state index is 12.7. The van der Waals surface area contributed by atoms with Crippen LogP contribution in [0.2, 0.25) is 0 Å². The standard InChI is InChI=1S/C17H14O6/c1-22-17(21)10-3-2-4-12-14(10)16(20)15-11(19)7-9(5-6-18)8-13(15)23-12/h2-4,7-8,18-19H,5-6H2,1H3. The third kappa shape index (κ3) is 2.43. The SMILES string of the molecule is COC(=O)c1cccc2oc3cc(CCO)cc(O)c3c(=O)c12. The zero-order valence-electron chi connectivity index (χ0n) is 12.3. The monoisotopic (exact) mass is 314 g/mol. The van der Waals surface area contributed by atoms with Crippen molar-refractivity contribution in [3.63, 3.8) is 0 Å². The van der Waals surface area contributed by atoms with Gasteiger partial charge in [-0.25, -0.2) is 4.79 Å². The first kappa shape index (κ1) is 15.1. The van der Waals surface area contributed by atoms with Gasteiger partial charge in [-0.15, -0.1) is 0 Å². The molecule has 0 aliphatic carbocycles. The van der Waals surface area contributed by atoms with Crippen LogP contribution in [-0.2, 0) is 11.2 Å². The van der Waals surface area contributed by atoms with Crippen LogP contribution in [0.1, 0.15) is 15.9 Å². The van der Waals surface area contributed by atoms with E-state index in [-0.39, 0.29) is 39.9 Å². The Balaban J connectivity index is 2.43. The van der Waals surface area contributed by atoms with Crippen LogP contribution in [0.4, 0.5) is 0 Å². The van der Waals surface area contributed by atoms with Crippen molar-refractivity contribution >= 4 is 27.9 Å². The van der Waals surface area contributed by atoms with E-state index in [2.05, 4.69) is 4.74 Å². The summed E-state index contributed by atoms with van der Waals surface area (Å²) in [6.07, 6.45) is 0.327. The number of fused-ring (bicyclic) bond motifs is 2. The highest BCUT2D eigenvalue weighted by molar-refractivity contribution is 6.06. The van der Waals surface area contributed by atoms with Crippen molar-refractivity contribution in [1.29, 1.82) is 0 Å². The number of ether oxygens (including phenoxy) is 1. The van der Waals surface area contributed by atoms with E-state index in [4.69, 9.17) is 9.52 Å². The number of carbonyl (C=O) groups excluding carboxylic acids is 1. The maximum atomic E-state index is 12.7. The van der Waals surface area contributed by atoms with Crippen LogP contribution < -0.4 is 5.43 Å². The lowest BCUT2D eigenvalue weighted by molar-refractivity contribution is 0.0603. The molecule has 3 aromatic rings. The highest BCUT2D eigenvalue weighted by atomic mass is 16.5. The molecule has 0 bridgehead atoms. The van der Waals surface area contributed by atoms with E-state index in [0.29, 0.717) is 12.0 Å².